The molecule has 1 rings (SSSR count). The lowest BCUT2D eigenvalue weighted by atomic mass is 10.2. The van der Waals surface area contributed by atoms with E-state index >= 15 is 0 Å². The third-order valence-electron chi connectivity index (χ3n) is 1.33. The fourth-order valence-electron chi connectivity index (χ4n) is 0.826. The van der Waals surface area contributed by atoms with Crippen LogP contribution in [-0.2, 0) is 0 Å². The van der Waals surface area contributed by atoms with Crippen molar-refractivity contribution in [3.8, 4) is 0 Å². The monoisotopic (exact) mass is 303 g/mol. The van der Waals surface area contributed by atoms with E-state index in [1.807, 2.05) is 0 Å². The predicted molar refractivity (Wildman–Crippen MR) is 56.0 cm³/mol. The number of halogens is 2. The van der Waals surface area contributed by atoms with Crippen molar-refractivity contribution in [3.05, 3.63) is 37.1 Å². The minimum Gasteiger partial charge on any atom is -0.298 e. The van der Waals surface area contributed by atoms with Crippen LogP contribution in [0.25, 0.3) is 10.4 Å². The van der Waals surface area contributed by atoms with Gasteiger partial charge in [-0.2, -0.15) is 0 Å². The third kappa shape index (κ3) is 2.30. The number of azide groups is 1. The van der Waals surface area contributed by atoms with Gasteiger partial charge in [0.05, 0.1) is 5.69 Å². The maximum atomic E-state index is 10.6. The van der Waals surface area contributed by atoms with Crippen molar-refractivity contribution in [2.24, 2.45) is 5.11 Å². The van der Waals surface area contributed by atoms with Crippen molar-refractivity contribution in [1.29, 1.82) is 0 Å². The largest absolute Gasteiger partial charge is 0.298 e. The Kier molecular flexibility index (Phi) is 3.48. The highest BCUT2D eigenvalue weighted by molar-refractivity contribution is 9.11. The Labute approximate surface area is 90.8 Å². The van der Waals surface area contributed by atoms with E-state index in [2.05, 4.69) is 41.9 Å². The normalized spacial score (nSPS) is 9.08. The summed E-state index contributed by atoms with van der Waals surface area (Å²) < 4.78 is 1.33. The minimum absolute atomic E-state index is 0.306. The van der Waals surface area contributed by atoms with Crippen LogP contribution >= 0.6 is 31.9 Å². The lowest BCUT2D eigenvalue weighted by molar-refractivity contribution is 0.112. The summed E-state index contributed by atoms with van der Waals surface area (Å²) in [5.74, 6) is 0. The zero-order chi connectivity index (χ0) is 9.84. The molecule has 1 aromatic rings. The van der Waals surface area contributed by atoms with Gasteiger partial charge in [-0.05, 0) is 17.7 Å². The van der Waals surface area contributed by atoms with Gasteiger partial charge in [0.25, 0.3) is 0 Å². The van der Waals surface area contributed by atoms with Gasteiger partial charge in [0.2, 0.25) is 0 Å². The number of carbonyl (C=O) groups is 1. The summed E-state index contributed by atoms with van der Waals surface area (Å²) in [4.78, 5) is 13.2. The standard InChI is InChI=1S/C7H3Br2N3O/c8-5-1-4(3-13)7(11-12-10)6(9)2-5/h1-3H. The van der Waals surface area contributed by atoms with Gasteiger partial charge >= 0.3 is 0 Å². The molecule has 0 aliphatic carbocycles. The first kappa shape index (κ1) is 10.2. The second-order valence-electron chi connectivity index (χ2n) is 2.13. The van der Waals surface area contributed by atoms with Crippen molar-refractivity contribution in [2.75, 3.05) is 0 Å². The van der Waals surface area contributed by atoms with E-state index in [0.717, 1.165) is 4.47 Å². The van der Waals surface area contributed by atoms with Gasteiger partial charge in [-0.3, -0.25) is 4.79 Å². The summed E-state index contributed by atoms with van der Waals surface area (Å²) in [6.45, 7) is 0. The molecule has 0 unspecified atom stereocenters. The van der Waals surface area contributed by atoms with E-state index in [9.17, 15) is 4.79 Å². The molecule has 0 bridgehead atoms. The number of aldehydes is 1. The van der Waals surface area contributed by atoms with Crippen LogP contribution in [0, 0.1) is 0 Å². The third-order valence-corrected chi connectivity index (χ3v) is 2.39. The van der Waals surface area contributed by atoms with Crippen LogP contribution in [0.2, 0.25) is 0 Å². The lowest BCUT2D eigenvalue weighted by Gasteiger charge is -2.01. The zero-order valence-corrected chi connectivity index (χ0v) is 9.41. The first-order valence-electron chi connectivity index (χ1n) is 3.18. The first-order valence-corrected chi connectivity index (χ1v) is 4.77. The van der Waals surface area contributed by atoms with Crippen LogP contribution in [0.5, 0.6) is 0 Å². The molecule has 0 fully saturated rings. The molecule has 0 N–H and O–H groups in total. The SMILES string of the molecule is [N-]=[N+]=Nc1c(Br)cc(Br)cc1C=O. The topological polar surface area (TPSA) is 65.8 Å². The molecule has 1 aromatic carbocycles. The van der Waals surface area contributed by atoms with Crippen LogP contribution in [0.4, 0.5) is 5.69 Å². The molecule has 66 valence electrons. The lowest BCUT2D eigenvalue weighted by Crippen LogP contribution is -1.82. The molecule has 6 heteroatoms. The number of benzene rings is 1. The van der Waals surface area contributed by atoms with E-state index in [1.54, 1.807) is 12.1 Å². The molecule has 13 heavy (non-hydrogen) atoms. The van der Waals surface area contributed by atoms with Gasteiger partial charge in [-0.15, -0.1) is 0 Å². The van der Waals surface area contributed by atoms with Crippen molar-refractivity contribution < 1.29 is 4.79 Å². The number of nitrogens with zero attached hydrogens (tertiary/aromatic N) is 3. The molecular weight excluding hydrogens is 302 g/mol. The van der Waals surface area contributed by atoms with Crippen molar-refractivity contribution in [3.63, 3.8) is 0 Å². The Morgan fingerprint density at radius 2 is 2.15 bits per heavy atom. The van der Waals surface area contributed by atoms with Gasteiger partial charge in [0.15, 0.2) is 6.29 Å². The van der Waals surface area contributed by atoms with Crippen LogP contribution in [0.1, 0.15) is 10.4 Å². The van der Waals surface area contributed by atoms with Gasteiger partial charge in [-0.1, -0.05) is 37.0 Å². The Bertz CT molecular complexity index is 399. The van der Waals surface area contributed by atoms with Gasteiger partial charge in [-0.25, -0.2) is 0 Å². The second-order valence-corrected chi connectivity index (χ2v) is 3.90. The summed E-state index contributed by atoms with van der Waals surface area (Å²) >= 11 is 6.40. The van der Waals surface area contributed by atoms with Crippen LogP contribution in [0.15, 0.2) is 26.2 Å². The molecular formula is C7H3Br2N3O. The number of carbonyl (C=O) groups excluding carboxylic acids is 1. The summed E-state index contributed by atoms with van der Waals surface area (Å²) in [7, 11) is 0. The summed E-state index contributed by atoms with van der Waals surface area (Å²) in [6, 6.07) is 3.29. The molecule has 0 radical (unpaired) electrons. The van der Waals surface area contributed by atoms with Crippen LogP contribution in [-0.4, -0.2) is 6.29 Å². The molecule has 0 saturated heterocycles. The highest BCUT2D eigenvalue weighted by Gasteiger charge is 2.05. The molecule has 0 heterocycles. The fourth-order valence-corrected chi connectivity index (χ4v) is 2.16. The number of hydrogen-bond acceptors (Lipinski definition) is 2. The van der Waals surface area contributed by atoms with E-state index in [0.29, 0.717) is 22.0 Å². The molecule has 0 aliphatic rings. The first-order chi connectivity index (χ1) is 6.19. The van der Waals surface area contributed by atoms with E-state index in [4.69, 9.17) is 5.53 Å². The quantitative estimate of drug-likeness (QED) is 0.353. The van der Waals surface area contributed by atoms with E-state index < -0.39 is 0 Å². The van der Waals surface area contributed by atoms with E-state index in [-0.39, 0.29) is 0 Å². The van der Waals surface area contributed by atoms with Crippen LogP contribution < -0.4 is 0 Å². The highest BCUT2D eigenvalue weighted by Crippen LogP contribution is 2.32. The Morgan fingerprint density at radius 1 is 1.46 bits per heavy atom. The second kappa shape index (κ2) is 4.41. The molecule has 4 nitrogen and oxygen atoms in total. The highest BCUT2D eigenvalue weighted by atomic mass is 79.9. The van der Waals surface area contributed by atoms with Crippen molar-refractivity contribution in [1.82, 2.24) is 0 Å². The fraction of sp³-hybridized carbons (Fsp3) is 0. The summed E-state index contributed by atoms with van der Waals surface area (Å²) in [5.41, 5.74) is 8.90. The van der Waals surface area contributed by atoms with E-state index in [1.165, 1.54) is 0 Å². The molecule has 0 aliphatic heterocycles. The average Bonchev–Trinajstić information content (AvgIpc) is 2.09. The molecule has 0 atom stereocenters. The Morgan fingerprint density at radius 3 is 2.69 bits per heavy atom. The maximum absolute atomic E-state index is 10.6. The Hall–Kier alpha value is -0.840. The minimum atomic E-state index is 0.306. The Balaban J connectivity index is 3.46. The number of hydrogen-bond donors (Lipinski definition) is 0. The van der Waals surface area contributed by atoms with Gasteiger partial charge in [0, 0.05) is 19.4 Å². The summed E-state index contributed by atoms with van der Waals surface area (Å²) in [6.07, 6.45) is 0.638. The molecule has 0 saturated carbocycles. The maximum Gasteiger partial charge on any atom is 0.150 e. The van der Waals surface area contributed by atoms with Crippen LogP contribution in [0.3, 0.4) is 0 Å². The molecule has 0 aromatic heterocycles. The smallest absolute Gasteiger partial charge is 0.150 e. The zero-order valence-electron chi connectivity index (χ0n) is 6.24. The average molecular weight is 305 g/mol. The number of rotatable bonds is 2. The molecule has 0 amide bonds. The predicted octanol–water partition coefficient (Wildman–Crippen LogP) is 3.97. The van der Waals surface area contributed by atoms with Crippen molar-refractivity contribution in [2.45, 2.75) is 0 Å². The van der Waals surface area contributed by atoms with Gasteiger partial charge in [0.1, 0.15) is 0 Å². The van der Waals surface area contributed by atoms with Gasteiger partial charge < -0.3 is 0 Å². The summed E-state index contributed by atoms with van der Waals surface area (Å²) in [5, 5.41) is 3.40. The van der Waals surface area contributed by atoms with Crippen molar-refractivity contribution >= 4 is 43.8 Å². The molecule has 0 spiro atoms.